The van der Waals surface area contributed by atoms with Crippen molar-refractivity contribution in [3.63, 3.8) is 0 Å². The fourth-order valence-corrected chi connectivity index (χ4v) is 5.04. The lowest BCUT2D eigenvalue weighted by Gasteiger charge is -2.22. The van der Waals surface area contributed by atoms with E-state index in [1.54, 1.807) is 18.2 Å². The van der Waals surface area contributed by atoms with Crippen LogP contribution in [-0.4, -0.2) is 44.6 Å². The van der Waals surface area contributed by atoms with Gasteiger partial charge in [-0.3, -0.25) is 4.79 Å². The number of halogens is 1. The second kappa shape index (κ2) is 13.9. The fourth-order valence-electron chi connectivity index (χ4n) is 3.54. The fraction of sp³-hybridized carbons (Fsp3) is 0.286. The number of hydrazone groups is 1. The molecule has 0 aliphatic rings. The first kappa shape index (κ1) is 29.2. The minimum Gasteiger partial charge on any atom is -0.490 e. The Morgan fingerprint density at radius 3 is 2.45 bits per heavy atom. The molecule has 38 heavy (non-hydrogen) atoms. The van der Waals surface area contributed by atoms with Crippen molar-refractivity contribution in [2.75, 3.05) is 19.8 Å². The predicted octanol–water partition coefficient (Wildman–Crippen LogP) is 5.18. The highest BCUT2D eigenvalue weighted by molar-refractivity contribution is 7.89. The molecular formula is C28H32ClN3O5S. The number of aryl methyl sites for hydroxylation is 1. The lowest BCUT2D eigenvalue weighted by molar-refractivity contribution is -0.121. The lowest BCUT2D eigenvalue weighted by atomic mass is 10.1. The third-order valence-electron chi connectivity index (χ3n) is 5.51. The van der Waals surface area contributed by atoms with Crippen LogP contribution >= 0.6 is 11.6 Å². The van der Waals surface area contributed by atoms with Gasteiger partial charge in [-0.2, -0.15) is 9.41 Å². The first-order chi connectivity index (χ1) is 18.2. The minimum absolute atomic E-state index is 0.0195. The van der Waals surface area contributed by atoms with Gasteiger partial charge in [-0.05, 0) is 79.4 Å². The first-order valence-corrected chi connectivity index (χ1v) is 14.1. The van der Waals surface area contributed by atoms with Gasteiger partial charge in [-0.15, -0.1) is 0 Å². The highest BCUT2D eigenvalue weighted by atomic mass is 35.5. The second-order valence-electron chi connectivity index (χ2n) is 8.43. The molecule has 0 spiro atoms. The standard InChI is InChI=1S/C28H32ClN3O5S/c1-4-16-37-26-15-10-22(17-27(26)36-5-2)18-30-31-28(33)20-32(19-23-9-7-6-8-21(23)3)38(34,35)25-13-11-24(29)12-14-25/h6-15,17-18H,4-5,16,19-20H2,1-3H3,(H,31,33)/b30-18-. The molecule has 1 amide bonds. The first-order valence-electron chi connectivity index (χ1n) is 12.3. The molecule has 0 radical (unpaired) electrons. The quantitative estimate of drug-likeness (QED) is 0.231. The monoisotopic (exact) mass is 557 g/mol. The zero-order valence-electron chi connectivity index (χ0n) is 21.7. The third-order valence-corrected chi connectivity index (χ3v) is 7.57. The second-order valence-corrected chi connectivity index (χ2v) is 10.8. The van der Waals surface area contributed by atoms with Gasteiger partial charge in [0.15, 0.2) is 11.5 Å². The molecule has 8 nitrogen and oxygen atoms in total. The summed E-state index contributed by atoms with van der Waals surface area (Å²) in [5.41, 5.74) is 4.81. The molecule has 0 heterocycles. The number of carbonyl (C=O) groups excluding carboxylic acids is 1. The molecule has 1 N–H and O–H groups in total. The smallest absolute Gasteiger partial charge is 0.255 e. The maximum atomic E-state index is 13.4. The molecule has 0 fully saturated rings. The summed E-state index contributed by atoms with van der Waals surface area (Å²) in [6, 6.07) is 18.6. The summed E-state index contributed by atoms with van der Waals surface area (Å²) in [5, 5.41) is 4.43. The van der Waals surface area contributed by atoms with Gasteiger partial charge in [-0.1, -0.05) is 42.8 Å². The third kappa shape index (κ3) is 8.05. The van der Waals surface area contributed by atoms with Crippen molar-refractivity contribution in [1.82, 2.24) is 9.73 Å². The van der Waals surface area contributed by atoms with E-state index in [1.807, 2.05) is 45.0 Å². The number of ether oxygens (including phenoxy) is 2. The molecule has 202 valence electrons. The number of carbonyl (C=O) groups is 1. The molecule has 3 aromatic rings. The average molecular weight is 558 g/mol. The maximum Gasteiger partial charge on any atom is 0.255 e. The number of amides is 1. The Morgan fingerprint density at radius 1 is 1.03 bits per heavy atom. The van der Waals surface area contributed by atoms with Crippen LogP contribution in [0, 0.1) is 6.92 Å². The van der Waals surface area contributed by atoms with Crippen molar-refractivity contribution >= 4 is 33.7 Å². The van der Waals surface area contributed by atoms with E-state index in [0.29, 0.717) is 35.3 Å². The van der Waals surface area contributed by atoms with Gasteiger partial charge in [0.1, 0.15) is 0 Å². The zero-order valence-corrected chi connectivity index (χ0v) is 23.3. The molecule has 0 aromatic heterocycles. The molecule has 0 bridgehead atoms. The summed E-state index contributed by atoms with van der Waals surface area (Å²) in [4.78, 5) is 12.8. The largest absolute Gasteiger partial charge is 0.490 e. The predicted molar refractivity (Wildman–Crippen MR) is 149 cm³/mol. The molecule has 0 aliphatic carbocycles. The zero-order chi connectivity index (χ0) is 27.5. The van der Waals surface area contributed by atoms with Crippen molar-refractivity contribution in [1.29, 1.82) is 0 Å². The van der Waals surface area contributed by atoms with E-state index in [-0.39, 0.29) is 11.4 Å². The van der Waals surface area contributed by atoms with Gasteiger partial charge in [-0.25, -0.2) is 13.8 Å². The van der Waals surface area contributed by atoms with E-state index in [9.17, 15) is 13.2 Å². The summed E-state index contributed by atoms with van der Waals surface area (Å²) in [7, 11) is -4.00. The SMILES string of the molecule is CCCOc1ccc(/C=N\NC(=O)CN(Cc2ccccc2C)S(=O)(=O)c2ccc(Cl)cc2)cc1OCC. The van der Waals surface area contributed by atoms with Crippen LogP contribution in [0.15, 0.2) is 76.7 Å². The summed E-state index contributed by atoms with van der Waals surface area (Å²) in [5.74, 6) is 0.629. The Morgan fingerprint density at radius 2 is 1.76 bits per heavy atom. The summed E-state index contributed by atoms with van der Waals surface area (Å²) in [6.45, 7) is 6.43. The number of nitrogens with zero attached hydrogens (tertiary/aromatic N) is 2. The van der Waals surface area contributed by atoms with Crippen LogP contribution in [0.4, 0.5) is 0 Å². The van der Waals surface area contributed by atoms with Crippen LogP contribution in [0.1, 0.15) is 37.0 Å². The minimum atomic E-state index is -4.00. The summed E-state index contributed by atoms with van der Waals surface area (Å²) >= 11 is 5.94. The molecule has 10 heteroatoms. The normalized spacial score (nSPS) is 11.6. The molecule has 3 rings (SSSR count). The van der Waals surface area contributed by atoms with Gasteiger partial charge in [0.05, 0.1) is 30.9 Å². The highest BCUT2D eigenvalue weighted by Gasteiger charge is 2.27. The van der Waals surface area contributed by atoms with E-state index in [4.69, 9.17) is 21.1 Å². The van der Waals surface area contributed by atoms with Crippen molar-refractivity contribution in [3.8, 4) is 11.5 Å². The van der Waals surface area contributed by atoms with Gasteiger partial charge in [0.2, 0.25) is 10.0 Å². The number of rotatable bonds is 13. The number of benzene rings is 3. The number of nitrogens with one attached hydrogen (secondary N) is 1. The molecule has 0 saturated heterocycles. The molecule has 3 aromatic carbocycles. The Kier molecular flexibility index (Phi) is 10.7. The number of hydrogen-bond acceptors (Lipinski definition) is 6. The van der Waals surface area contributed by atoms with E-state index >= 15 is 0 Å². The number of sulfonamides is 1. The van der Waals surface area contributed by atoms with Crippen molar-refractivity contribution < 1.29 is 22.7 Å². The number of hydrogen-bond donors (Lipinski definition) is 1. The van der Waals surface area contributed by atoms with Crippen LogP contribution in [0.2, 0.25) is 5.02 Å². The van der Waals surface area contributed by atoms with Gasteiger partial charge in [0, 0.05) is 11.6 Å². The summed E-state index contributed by atoms with van der Waals surface area (Å²) < 4.78 is 39.3. The van der Waals surface area contributed by atoms with Gasteiger partial charge >= 0.3 is 0 Å². The molecule has 0 unspecified atom stereocenters. The Balaban J connectivity index is 1.76. The molecule has 0 aliphatic heterocycles. The lowest BCUT2D eigenvalue weighted by Crippen LogP contribution is -2.39. The van der Waals surface area contributed by atoms with E-state index in [1.165, 1.54) is 30.5 Å². The van der Waals surface area contributed by atoms with Crippen LogP contribution < -0.4 is 14.9 Å². The Hall–Kier alpha value is -3.40. The van der Waals surface area contributed by atoms with E-state index in [0.717, 1.165) is 21.9 Å². The van der Waals surface area contributed by atoms with Gasteiger partial charge in [0.25, 0.3) is 5.91 Å². The van der Waals surface area contributed by atoms with E-state index < -0.39 is 22.5 Å². The molecule has 0 saturated carbocycles. The van der Waals surface area contributed by atoms with Crippen molar-refractivity contribution in [2.24, 2.45) is 5.10 Å². The van der Waals surface area contributed by atoms with E-state index in [2.05, 4.69) is 10.5 Å². The van der Waals surface area contributed by atoms with Crippen LogP contribution in [0.3, 0.4) is 0 Å². The average Bonchev–Trinajstić information content (AvgIpc) is 2.89. The topological polar surface area (TPSA) is 97.3 Å². The molecular weight excluding hydrogens is 526 g/mol. The van der Waals surface area contributed by atoms with Crippen molar-refractivity contribution in [2.45, 2.75) is 38.6 Å². The van der Waals surface area contributed by atoms with Gasteiger partial charge < -0.3 is 9.47 Å². The Bertz CT molecular complexity index is 1360. The Labute approximate surface area is 229 Å². The summed E-state index contributed by atoms with van der Waals surface area (Å²) in [6.07, 6.45) is 2.33. The highest BCUT2D eigenvalue weighted by Crippen LogP contribution is 2.28. The van der Waals surface area contributed by atoms with Crippen molar-refractivity contribution in [3.05, 3.63) is 88.4 Å². The van der Waals surface area contributed by atoms with Crippen LogP contribution in [0.5, 0.6) is 11.5 Å². The maximum absolute atomic E-state index is 13.4. The molecule has 0 atom stereocenters. The van der Waals surface area contributed by atoms with Crippen LogP contribution in [-0.2, 0) is 21.4 Å². The van der Waals surface area contributed by atoms with Crippen LogP contribution in [0.25, 0.3) is 0 Å².